The molecule has 1 saturated heterocycles. The second-order valence-corrected chi connectivity index (χ2v) is 9.28. The Morgan fingerprint density at radius 3 is 2.25 bits per heavy atom. The maximum Gasteiger partial charge on any atom is 0.263 e. The minimum Gasteiger partial charge on any atom is -0.493 e. The number of rotatable bonds is 7. The number of fused-ring (bicyclic) bond motifs is 1. The van der Waals surface area contributed by atoms with Crippen LogP contribution in [0.5, 0.6) is 11.5 Å². The Morgan fingerprint density at radius 2 is 1.53 bits per heavy atom. The van der Waals surface area contributed by atoms with E-state index in [1.807, 2.05) is 18.2 Å². The molecule has 3 aromatic carbocycles. The molecule has 0 N–H and O–H groups in total. The minimum atomic E-state index is -0.259. The summed E-state index contributed by atoms with van der Waals surface area (Å²) in [5.74, 6) is 0.663. The summed E-state index contributed by atoms with van der Waals surface area (Å²) in [6, 6.07) is 19.5. The molecule has 0 bridgehead atoms. The van der Waals surface area contributed by atoms with Crippen LogP contribution in [0.1, 0.15) is 37.4 Å². The molecule has 7 nitrogen and oxygen atoms in total. The van der Waals surface area contributed by atoms with Gasteiger partial charge in [-0.2, -0.15) is 0 Å². The van der Waals surface area contributed by atoms with Crippen molar-refractivity contribution in [3.63, 3.8) is 0 Å². The monoisotopic (exact) mass is 485 g/mol. The molecular formula is C29H31N3O4. The molecule has 7 heteroatoms. The third kappa shape index (κ3) is 4.42. The highest BCUT2D eigenvalue weighted by Gasteiger charge is 2.38. The highest BCUT2D eigenvalue weighted by atomic mass is 16.5. The van der Waals surface area contributed by atoms with Gasteiger partial charge in [-0.1, -0.05) is 36.4 Å². The predicted molar refractivity (Wildman–Crippen MR) is 139 cm³/mol. The molecule has 36 heavy (non-hydrogen) atoms. The Balaban J connectivity index is 1.31. The number of hydrogen-bond acceptors (Lipinski definition) is 6. The van der Waals surface area contributed by atoms with Crippen LogP contribution >= 0.6 is 0 Å². The van der Waals surface area contributed by atoms with Crippen molar-refractivity contribution in [3.05, 3.63) is 88.5 Å². The molecule has 0 aliphatic carbocycles. The van der Waals surface area contributed by atoms with Gasteiger partial charge in [-0.25, -0.2) is 0 Å². The lowest BCUT2D eigenvalue weighted by atomic mass is 10.1. The molecule has 0 saturated carbocycles. The topological polar surface area (TPSA) is 62.3 Å². The smallest absolute Gasteiger partial charge is 0.263 e. The summed E-state index contributed by atoms with van der Waals surface area (Å²) < 4.78 is 10.7. The molecule has 1 fully saturated rings. The Hall–Kier alpha value is -3.84. The van der Waals surface area contributed by atoms with Gasteiger partial charge in [-0.15, -0.1) is 0 Å². The summed E-state index contributed by atoms with van der Waals surface area (Å²) in [7, 11) is 3.14. The van der Waals surface area contributed by atoms with E-state index < -0.39 is 0 Å². The molecule has 0 radical (unpaired) electrons. The first-order valence-electron chi connectivity index (χ1n) is 12.2. The van der Waals surface area contributed by atoms with Gasteiger partial charge < -0.3 is 14.4 Å². The van der Waals surface area contributed by atoms with Crippen LogP contribution in [-0.4, -0.2) is 62.0 Å². The first-order valence-corrected chi connectivity index (χ1v) is 12.2. The molecule has 0 atom stereocenters. The second kappa shape index (κ2) is 10.0. The molecule has 0 unspecified atom stereocenters. The normalized spacial score (nSPS) is 15.9. The zero-order valence-corrected chi connectivity index (χ0v) is 21.0. The minimum absolute atomic E-state index is 0.177. The SMILES string of the molecule is COc1ccc(CN2C(=O)c3cccc(N4CCN(Cc5ccccc5C)CC4)c3C2=O)cc1OC. The molecule has 2 amide bonds. The zero-order chi connectivity index (χ0) is 25.2. The van der Waals surface area contributed by atoms with Gasteiger partial charge in [0, 0.05) is 32.7 Å². The Kier molecular flexibility index (Phi) is 6.65. The van der Waals surface area contributed by atoms with Gasteiger partial charge in [0.05, 0.1) is 37.6 Å². The Morgan fingerprint density at radius 1 is 0.778 bits per heavy atom. The summed E-state index contributed by atoms with van der Waals surface area (Å²) in [5.41, 5.74) is 5.28. The number of imide groups is 1. The maximum atomic E-state index is 13.5. The van der Waals surface area contributed by atoms with E-state index in [9.17, 15) is 9.59 Å². The summed E-state index contributed by atoms with van der Waals surface area (Å²) in [4.78, 5) is 32.7. The van der Waals surface area contributed by atoms with E-state index in [-0.39, 0.29) is 18.4 Å². The van der Waals surface area contributed by atoms with Crippen molar-refractivity contribution in [1.29, 1.82) is 0 Å². The van der Waals surface area contributed by atoms with Gasteiger partial charge >= 0.3 is 0 Å². The number of nitrogens with zero attached hydrogens (tertiary/aromatic N) is 3. The lowest BCUT2D eigenvalue weighted by Gasteiger charge is -2.37. The third-order valence-corrected chi connectivity index (χ3v) is 7.13. The van der Waals surface area contributed by atoms with Gasteiger partial charge in [-0.05, 0) is 47.9 Å². The van der Waals surface area contributed by atoms with E-state index in [1.54, 1.807) is 32.4 Å². The van der Waals surface area contributed by atoms with Crippen LogP contribution in [-0.2, 0) is 13.1 Å². The van der Waals surface area contributed by atoms with Crippen molar-refractivity contribution in [3.8, 4) is 11.5 Å². The number of piperazine rings is 1. The predicted octanol–water partition coefficient (Wildman–Crippen LogP) is 4.13. The van der Waals surface area contributed by atoms with Crippen LogP contribution < -0.4 is 14.4 Å². The van der Waals surface area contributed by atoms with Crippen LogP contribution in [0.4, 0.5) is 5.69 Å². The fraction of sp³-hybridized carbons (Fsp3) is 0.310. The quantitative estimate of drug-likeness (QED) is 0.469. The molecule has 186 valence electrons. The highest BCUT2D eigenvalue weighted by molar-refractivity contribution is 6.23. The van der Waals surface area contributed by atoms with E-state index in [2.05, 4.69) is 41.0 Å². The fourth-order valence-electron chi connectivity index (χ4n) is 5.06. The Bertz CT molecular complexity index is 1300. The fourth-order valence-corrected chi connectivity index (χ4v) is 5.06. The third-order valence-electron chi connectivity index (χ3n) is 7.13. The van der Waals surface area contributed by atoms with Crippen molar-refractivity contribution in [1.82, 2.24) is 9.80 Å². The second-order valence-electron chi connectivity index (χ2n) is 9.28. The average molecular weight is 486 g/mol. The number of hydrogen-bond donors (Lipinski definition) is 0. The maximum absolute atomic E-state index is 13.5. The van der Waals surface area contributed by atoms with Crippen molar-refractivity contribution < 1.29 is 19.1 Å². The molecule has 2 heterocycles. The van der Waals surface area contributed by atoms with E-state index in [4.69, 9.17) is 9.47 Å². The first kappa shape index (κ1) is 23.9. The summed E-state index contributed by atoms with van der Waals surface area (Å²) >= 11 is 0. The van der Waals surface area contributed by atoms with Crippen molar-refractivity contribution in [2.75, 3.05) is 45.3 Å². The van der Waals surface area contributed by atoms with Crippen molar-refractivity contribution >= 4 is 17.5 Å². The van der Waals surface area contributed by atoms with Gasteiger partial charge in [0.1, 0.15) is 0 Å². The van der Waals surface area contributed by atoms with Gasteiger partial charge in [0.15, 0.2) is 11.5 Å². The van der Waals surface area contributed by atoms with Crippen molar-refractivity contribution in [2.24, 2.45) is 0 Å². The molecular weight excluding hydrogens is 454 g/mol. The van der Waals surface area contributed by atoms with E-state index in [1.165, 1.54) is 16.0 Å². The molecule has 0 spiro atoms. The summed E-state index contributed by atoms with van der Waals surface area (Å²) in [5, 5.41) is 0. The van der Waals surface area contributed by atoms with Crippen LogP contribution in [0.2, 0.25) is 0 Å². The molecule has 3 aromatic rings. The average Bonchev–Trinajstić information content (AvgIpc) is 3.15. The van der Waals surface area contributed by atoms with Crippen LogP contribution in [0.3, 0.4) is 0 Å². The van der Waals surface area contributed by atoms with Gasteiger partial charge in [-0.3, -0.25) is 19.4 Å². The number of carbonyl (C=O) groups is 2. The number of ether oxygens (including phenoxy) is 2. The van der Waals surface area contributed by atoms with Crippen LogP contribution in [0.15, 0.2) is 60.7 Å². The van der Waals surface area contributed by atoms with Gasteiger partial charge in [0.2, 0.25) is 0 Å². The van der Waals surface area contributed by atoms with Crippen LogP contribution in [0, 0.1) is 6.92 Å². The number of methoxy groups -OCH3 is 2. The number of anilines is 1. The van der Waals surface area contributed by atoms with Crippen LogP contribution in [0.25, 0.3) is 0 Å². The van der Waals surface area contributed by atoms with Crippen molar-refractivity contribution in [2.45, 2.75) is 20.0 Å². The van der Waals surface area contributed by atoms with E-state index in [0.717, 1.165) is 44.0 Å². The molecule has 5 rings (SSSR count). The van der Waals surface area contributed by atoms with E-state index >= 15 is 0 Å². The lowest BCUT2D eigenvalue weighted by molar-refractivity contribution is 0.0642. The number of amides is 2. The summed E-state index contributed by atoms with van der Waals surface area (Å²) in [6.07, 6.45) is 0. The van der Waals surface area contributed by atoms with E-state index in [0.29, 0.717) is 22.6 Å². The number of aryl methyl sites for hydroxylation is 1. The Labute approximate surface area is 211 Å². The first-order chi connectivity index (χ1) is 17.5. The zero-order valence-electron chi connectivity index (χ0n) is 21.0. The standard InChI is InChI=1S/C29H31N3O4/c1-20-7-4-5-8-22(20)19-30-13-15-31(16-14-30)24-10-6-9-23-27(24)29(34)32(28(23)33)18-21-11-12-25(35-2)26(17-21)36-3/h4-12,17H,13-16,18-19H2,1-3H3. The summed E-state index contributed by atoms with van der Waals surface area (Å²) in [6.45, 7) is 6.65. The number of carbonyl (C=O) groups excluding carboxylic acids is 2. The molecule has 2 aliphatic rings. The highest BCUT2D eigenvalue weighted by Crippen LogP contribution is 2.34. The molecule has 2 aliphatic heterocycles. The lowest BCUT2D eigenvalue weighted by Crippen LogP contribution is -2.46. The largest absolute Gasteiger partial charge is 0.493 e. The number of benzene rings is 3. The van der Waals surface area contributed by atoms with Gasteiger partial charge in [0.25, 0.3) is 11.8 Å². The molecule has 0 aromatic heterocycles.